The van der Waals surface area contributed by atoms with E-state index in [9.17, 15) is 4.79 Å². The number of carbonyl (C=O) groups is 1. The zero-order valence-electron chi connectivity index (χ0n) is 16.6. The molecule has 8 heteroatoms. The van der Waals surface area contributed by atoms with Gasteiger partial charge in [0.05, 0.1) is 26.2 Å². The molecule has 2 rings (SSSR count). The maximum Gasteiger partial charge on any atom is 0.230 e. The molecule has 152 valence electrons. The quantitative estimate of drug-likeness (QED) is 0.348. The molecule has 1 aliphatic rings. The lowest BCUT2D eigenvalue weighted by atomic mass is 9.84. The van der Waals surface area contributed by atoms with Crippen LogP contribution in [0.25, 0.3) is 0 Å². The van der Waals surface area contributed by atoms with Crippen molar-refractivity contribution in [1.82, 2.24) is 10.2 Å². The van der Waals surface area contributed by atoms with Crippen LogP contribution in [0, 0.1) is 5.41 Å². The second kappa shape index (κ2) is 10.6. The van der Waals surface area contributed by atoms with Crippen molar-refractivity contribution < 1.29 is 14.3 Å². The maximum atomic E-state index is 12.6. The molecule has 0 radical (unpaired) electrons. The molecule has 0 heterocycles. The first kappa shape index (κ1) is 23.3. The minimum atomic E-state index is -0.368. The number of carbonyl (C=O) groups excluding carboxylic acids is 1. The van der Waals surface area contributed by atoms with Crippen LogP contribution in [-0.2, 0) is 11.3 Å². The number of ether oxygens (including phenoxy) is 2. The molecule has 1 fully saturated rings. The van der Waals surface area contributed by atoms with Gasteiger partial charge in [0.2, 0.25) is 5.91 Å². The average molecular weight is 490 g/mol. The Kier molecular flexibility index (Phi) is 9.14. The van der Waals surface area contributed by atoms with Crippen LogP contribution in [0.4, 0.5) is 0 Å². The van der Waals surface area contributed by atoms with Gasteiger partial charge in [-0.3, -0.25) is 4.79 Å². The molecule has 1 aliphatic carbocycles. The lowest BCUT2D eigenvalue weighted by Gasteiger charge is -2.31. The lowest BCUT2D eigenvalue weighted by Crippen LogP contribution is -2.48. The third-order valence-corrected chi connectivity index (χ3v) is 4.91. The number of amides is 1. The summed E-state index contributed by atoms with van der Waals surface area (Å²) in [5.74, 6) is 1.85. The summed E-state index contributed by atoms with van der Waals surface area (Å²) < 4.78 is 10.5. The van der Waals surface area contributed by atoms with Crippen molar-refractivity contribution in [2.45, 2.75) is 32.2 Å². The number of rotatable bonds is 7. The molecule has 0 aliphatic heterocycles. The zero-order valence-corrected chi connectivity index (χ0v) is 18.9. The molecular weight excluding hydrogens is 459 g/mol. The molecule has 1 aromatic rings. The number of hydrogen-bond acceptors (Lipinski definition) is 4. The largest absolute Gasteiger partial charge is 0.493 e. The molecule has 1 aromatic carbocycles. The smallest absolute Gasteiger partial charge is 0.230 e. The predicted molar refractivity (Wildman–Crippen MR) is 118 cm³/mol. The molecule has 1 amide bonds. The van der Waals surface area contributed by atoms with Crippen LogP contribution >= 0.6 is 24.0 Å². The predicted octanol–water partition coefficient (Wildman–Crippen LogP) is 2.37. The number of nitrogens with one attached hydrogen (secondary N) is 1. The van der Waals surface area contributed by atoms with Crippen molar-refractivity contribution in [2.75, 3.05) is 34.9 Å². The monoisotopic (exact) mass is 490 g/mol. The van der Waals surface area contributed by atoms with Gasteiger partial charge in [0, 0.05) is 20.6 Å². The summed E-state index contributed by atoms with van der Waals surface area (Å²) in [6, 6.07) is 5.65. The number of methoxy groups -OCH3 is 2. The van der Waals surface area contributed by atoms with Gasteiger partial charge in [-0.1, -0.05) is 18.9 Å². The van der Waals surface area contributed by atoms with E-state index >= 15 is 0 Å². The van der Waals surface area contributed by atoms with E-state index in [2.05, 4.69) is 10.3 Å². The summed E-state index contributed by atoms with van der Waals surface area (Å²) in [5, 5.41) is 3.15. The van der Waals surface area contributed by atoms with Crippen LogP contribution in [-0.4, -0.2) is 51.6 Å². The fourth-order valence-corrected chi connectivity index (χ4v) is 3.46. The van der Waals surface area contributed by atoms with E-state index in [0.717, 1.165) is 31.2 Å². The molecule has 0 saturated heterocycles. The van der Waals surface area contributed by atoms with Crippen molar-refractivity contribution in [2.24, 2.45) is 16.1 Å². The Morgan fingerprint density at radius 2 is 1.85 bits per heavy atom. The molecule has 0 atom stereocenters. The lowest BCUT2D eigenvalue weighted by molar-refractivity contribution is -0.138. The molecular formula is C19H31IN4O3. The van der Waals surface area contributed by atoms with Crippen LogP contribution in [0.1, 0.15) is 31.2 Å². The summed E-state index contributed by atoms with van der Waals surface area (Å²) in [4.78, 5) is 18.6. The highest BCUT2D eigenvalue weighted by atomic mass is 127. The number of halogens is 1. The summed E-state index contributed by atoms with van der Waals surface area (Å²) in [6.45, 7) is 0.944. The van der Waals surface area contributed by atoms with E-state index in [1.165, 1.54) is 0 Å². The van der Waals surface area contributed by atoms with Gasteiger partial charge in [-0.25, -0.2) is 4.99 Å². The molecule has 0 spiro atoms. The van der Waals surface area contributed by atoms with Crippen molar-refractivity contribution in [3.63, 3.8) is 0 Å². The van der Waals surface area contributed by atoms with Crippen molar-refractivity contribution in [3.8, 4) is 11.5 Å². The molecule has 27 heavy (non-hydrogen) atoms. The zero-order chi connectivity index (χ0) is 19.2. The highest BCUT2D eigenvalue weighted by Gasteiger charge is 2.41. The van der Waals surface area contributed by atoms with Gasteiger partial charge in [0.15, 0.2) is 17.5 Å². The van der Waals surface area contributed by atoms with Gasteiger partial charge in [-0.05, 0) is 30.5 Å². The van der Waals surface area contributed by atoms with Gasteiger partial charge in [-0.15, -0.1) is 24.0 Å². The van der Waals surface area contributed by atoms with Crippen LogP contribution in [0.15, 0.2) is 23.2 Å². The Hall–Kier alpha value is -1.71. The Bertz CT molecular complexity index is 658. The molecule has 7 nitrogen and oxygen atoms in total. The highest BCUT2D eigenvalue weighted by Crippen LogP contribution is 2.38. The minimum Gasteiger partial charge on any atom is -0.493 e. The fraction of sp³-hybridized carbons (Fsp3) is 0.579. The second-order valence-electron chi connectivity index (χ2n) is 6.93. The molecule has 0 aromatic heterocycles. The van der Waals surface area contributed by atoms with Gasteiger partial charge < -0.3 is 25.4 Å². The first-order chi connectivity index (χ1) is 12.4. The van der Waals surface area contributed by atoms with Gasteiger partial charge in [0.25, 0.3) is 0 Å². The Balaban J connectivity index is 0.00000364. The first-order valence-corrected chi connectivity index (χ1v) is 8.88. The molecule has 0 bridgehead atoms. The van der Waals surface area contributed by atoms with Gasteiger partial charge in [0.1, 0.15) is 0 Å². The van der Waals surface area contributed by atoms with Crippen molar-refractivity contribution in [3.05, 3.63) is 23.8 Å². The van der Waals surface area contributed by atoms with Crippen LogP contribution < -0.4 is 20.5 Å². The number of aliphatic imine (C=N–C) groups is 1. The van der Waals surface area contributed by atoms with E-state index in [-0.39, 0.29) is 35.3 Å². The topological polar surface area (TPSA) is 89.2 Å². The SMILES string of the molecule is COc1ccc(CN=C(N)NCC2(C(=O)N(C)C)CCCC2)cc1OC.I. The maximum absolute atomic E-state index is 12.6. The van der Waals surface area contributed by atoms with Gasteiger partial charge in [-0.2, -0.15) is 0 Å². The minimum absolute atomic E-state index is 0. The summed E-state index contributed by atoms with van der Waals surface area (Å²) in [6.07, 6.45) is 3.92. The number of benzene rings is 1. The molecule has 0 unspecified atom stereocenters. The third-order valence-electron chi connectivity index (χ3n) is 4.91. The number of nitrogens with zero attached hydrogens (tertiary/aromatic N) is 2. The first-order valence-electron chi connectivity index (χ1n) is 8.88. The fourth-order valence-electron chi connectivity index (χ4n) is 3.46. The van der Waals surface area contributed by atoms with E-state index in [1.54, 1.807) is 33.2 Å². The average Bonchev–Trinajstić information content (AvgIpc) is 3.13. The Morgan fingerprint density at radius 1 is 1.22 bits per heavy atom. The Morgan fingerprint density at radius 3 is 2.41 bits per heavy atom. The number of hydrogen-bond donors (Lipinski definition) is 2. The number of nitrogens with two attached hydrogens (primary N) is 1. The van der Waals surface area contributed by atoms with Crippen molar-refractivity contribution in [1.29, 1.82) is 0 Å². The van der Waals surface area contributed by atoms with Crippen LogP contribution in [0.5, 0.6) is 11.5 Å². The summed E-state index contributed by atoms with van der Waals surface area (Å²) in [7, 11) is 6.81. The molecule has 3 N–H and O–H groups in total. The summed E-state index contributed by atoms with van der Waals surface area (Å²) in [5.41, 5.74) is 6.62. The van der Waals surface area contributed by atoms with E-state index < -0.39 is 0 Å². The molecule has 1 saturated carbocycles. The van der Waals surface area contributed by atoms with Crippen molar-refractivity contribution >= 4 is 35.8 Å². The van der Waals surface area contributed by atoms with E-state index in [4.69, 9.17) is 15.2 Å². The number of guanidine groups is 1. The standard InChI is InChI=1S/C19H30N4O3.HI/c1-23(2)17(24)19(9-5-6-10-19)13-22-18(20)21-12-14-7-8-15(25-3)16(11-14)26-4;/h7-8,11H,5-6,9-10,12-13H2,1-4H3,(H3,20,21,22);1H. The normalized spacial score (nSPS) is 15.6. The Labute approximate surface area is 178 Å². The summed E-state index contributed by atoms with van der Waals surface area (Å²) >= 11 is 0. The van der Waals surface area contributed by atoms with Gasteiger partial charge >= 0.3 is 0 Å². The highest BCUT2D eigenvalue weighted by molar-refractivity contribution is 14.0. The van der Waals surface area contributed by atoms with E-state index in [0.29, 0.717) is 30.5 Å². The van der Waals surface area contributed by atoms with Crippen LogP contribution in [0.2, 0.25) is 0 Å². The third kappa shape index (κ3) is 5.88. The second-order valence-corrected chi connectivity index (χ2v) is 6.93. The van der Waals surface area contributed by atoms with E-state index in [1.807, 2.05) is 18.2 Å². The van der Waals surface area contributed by atoms with Crippen LogP contribution in [0.3, 0.4) is 0 Å².